The highest BCUT2D eigenvalue weighted by atomic mass is 79.9. The lowest BCUT2D eigenvalue weighted by Gasteiger charge is -2.09. The standard InChI is InChI=1S/C10H15BrN2O2S2/c1-16-6-2-5-13-17(14,15)10-4-3-8(11)7-9(10)12/h3-4,7,13H,2,5-6,12H2,1H3. The molecule has 0 unspecified atom stereocenters. The Labute approximate surface area is 115 Å². The Morgan fingerprint density at radius 1 is 1.47 bits per heavy atom. The van der Waals surface area contributed by atoms with Crippen LogP contribution in [0.15, 0.2) is 27.6 Å². The van der Waals surface area contributed by atoms with Gasteiger partial charge in [-0.25, -0.2) is 13.1 Å². The third-order valence-corrected chi connectivity index (χ3v) is 4.80. The van der Waals surface area contributed by atoms with Gasteiger partial charge in [-0.15, -0.1) is 0 Å². The van der Waals surface area contributed by atoms with Gasteiger partial charge in [0.15, 0.2) is 0 Å². The second kappa shape index (κ2) is 6.63. The minimum absolute atomic E-state index is 0.129. The first kappa shape index (κ1) is 14.8. The molecule has 1 aromatic rings. The highest BCUT2D eigenvalue weighted by Gasteiger charge is 2.16. The first-order valence-electron chi connectivity index (χ1n) is 5.01. The van der Waals surface area contributed by atoms with Crippen molar-refractivity contribution in [2.24, 2.45) is 0 Å². The van der Waals surface area contributed by atoms with Crippen molar-refractivity contribution in [3.05, 3.63) is 22.7 Å². The summed E-state index contributed by atoms with van der Waals surface area (Å²) in [6, 6.07) is 4.74. The van der Waals surface area contributed by atoms with Crippen LogP contribution in [0.5, 0.6) is 0 Å². The van der Waals surface area contributed by atoms with Gasteiger partial charge in [0.2, 0.25) is 10.0 Å². The van der Waals surface area contributed by atoms with Gasteiger partial charge in [0.1, 0.15) is 4.90 Å². The molecule has 0 aliphatic carbocycles. The number of thioether (sulfide) groups is 1. The van der Waals surface area contributed by atoms with Crippen LogP contribution < -0.4 is 10.5 Å². The van der Waals surface area contributed by atoms with Crippen LogP contribution in [0.2, 0.25) is 0 Å². The maximum atomic E-state index is 11.9. The largest absolute Gasteiger partial charge is 0.398 e. The number of nitrogens with one attached hydrogen (secondary N) is 1. The number of nitrogen functional groups attached to an aromatic ring is 1. The van der Waals surface area contributed by atoms with Crippen molar-refractivity contribution in [1.29, 1.82) is 0 Å². The molecule has 3 N–H and O–H groups in total. The normalized spacial score (nSPS) is 11.6. The second-order valence-electron chi connectivity index (χ2n) is 3.43. The van der Waals surface area contributed by atoms with E-state index in [0.29, 0.717) is 6.54 Å². The predicted molar refractivity (Wildman–Crippen MR) is 76.7 cm³/mol. The molecule has 4 nitrogen and oxygen atoms in total. The van der Waals surface area contributed by atoms with Crippen LogP contribution in [0.1, 0.15) is 6.42 Å². The number of sulfonamides is 1. The highest BCUT2D eigenvalue weighted by molar-refractivity contribution is 9.10. The minimum atomic E-state index is -3.49. The lowest BCUT2D eigenvalue weighted by Crippen LogP contribution is -2.25. The Morgan fingerprint density at radius 2 is 2.18 bits per heavy atom. The number of nitrogens with two attached hydrogens (primary N) is 1. The Morgan fingerprint density at radius 3 is 2.76 bits per heavy atom. The second-order valence-corrected chi connectivity index (χ2v) is 7.06. The third-order valence-electron chi connectivity index (χ3n) is 2.08. The number of benzene rings is 1. The van der Waals surface area contributed by atoms with Crippen molar-refractivity contribution in [3.8, 4) is 0 Å². The highest BCUT2D eigenvalue weighted by Crippen LogP contribution is 2.22. The van der Waals surface area contributed by atoms with Crippen molar-refractivity contribution < 1.29 is 8.42 Å². The molecule has 0 bridgehead atoms. The average Bonchev–Trinajstić information content (AvgIpc) is 2.24. The van der Waals surface area contributed by atoms with E-state index in [-0.39, 0.29) is 10.6 Å². The summed E-state index contributed by atoms with van der Waals surface area (Å²) in [5.74, 6) is 0.929. The third kappa shape index (κ3) is 4.50. The van der Waals surface area contributed by atoms with E-state index in [4.69, 9.17) is 5.73 Å². The molecule has 0 amide bonds. The van der Waals surface area contributed by atoms with E-state index in [1.165, 1.54) is 6.07 Å². The quantitative estimate of drug-likeness (QED) is 0.615. The van der Waals surface area contributed by atoms with Crippen LogP contribution in [0.3, 0.4) is 0 Å². The number of hydrogen-bond acceptors (Lipinski definition) is 4. The Balaban J connectivity index is 2.76. The summed E-state index contributed by atoms with van der Waals surface area (Å²) in [7, 11) is -3.49. The van der Waals surface area contributed by atoms with Crippen molar-refractivity contribution in [1.82, 2.24) is 4.72 Å². The molecule has 7 heteroatoms. The fraction of sp³-hybridized carbons (Fsp3) is 0.400. The number of rotatable bonds is 6. The van der Waals surface area contributed by atoms with Crippen LogP contribution in [-0.4, -0.2) is 27.0 Å². The van der Waals surface area contributed by atoms with E-state index < -0.39 is 10.0 Å². The van der Waals surface area contributed by atoms with Gasteiger partial charge in [0.25, 0.3) is 0 Å². The van der Waals surface area contributed by atoms with E-state index >= 15 is 0 Å². The van der Waals surface area contributed by atoms with Gasteiger partial charge in [-0.1, -0.05) is 15.9 Å². The molecule has 1 aromatic carbocycles. The Kier molecular flexibility index (Phi) is 5.78. The molecule has 0 heterocycles. The van der Waals surface area contributed by atoms with Gasteiger partial charge in [-0.05, 0) is 36.6 Å². The topological polar surface area (TPSA) is 72.2 Å². The fourth-order valence-electron chi connectivity index (χ4n) is 1.26. The van der Waals surface area contributed by atoms with Crippen LogP contribution in [0, 0.1) is 0 Å². The maximum Gasteiger partial charge on any atom is 0.242 e. The SMILES string of the molecule is CSCCCNS(=O)(=O)c1ccc(Br)cc1N. The molecule has 0 saturated carbocycles. The molecule has 17 heavy (non-hydrogen) atoms. The Hall–Kier alpha value is -0.240. The molecule has 0 aliphatic rings. The predicted octanol–water partition coefficient (Wildman–Crippen LogP) is 2.06. The van der Waals surface area contributed by atoms with E-state index in [2.05, 4.69) is 20.7 Å². The minimum Gasteiger partial charge on any atom is -0.398 e. The zero-order valence-electron chi connectivity index (χ0n) is 9.44. The van der Waals surface area contributed by atoms with Gasteiger partial charge in [-0.2, -0.15) is 11.8 Å². The van der Waals surface area contributed by atoms with E-state index in [0.717, 1.165) is 16.6 Å². The summed E-state index contributed by atoms with van der Waals surface area (Å²) < 4.78 is 27.1. The first-order chi connectivity index (χ1) is 7.97. The van der Waals surface area contributed by atoms with Gasteiger partial charge >= 0.3 is 0 Å². The van der Waals surface area contributed by atoms with E-state index in [1.54, 1.807) is 23.9 Å². The molecule has 96 valence electrons. The smallest absolute Gasteiger partial charge is 0.242 e. The first-order valence-corrected chi connectivity index (χ1v) is 8.68. The lowest BCUT2D eigenvalue weighted by molar-refractivity contribution is 0.581. The van der Waals surface area contributed by atoms with Gasteiger partial charge in [0, 0.05) is 11.0 Å². The van der Waals surface area contributed by atoms with Gasteiger partial charge in [0.05, 0.1) is 5.69 Å². The summed E-state index contributed by atoms with van der Waals surface area (Å²) in [6.07, 6.45) is 2.79. The number of halogens is 1. The summed E-state index contributed by atoms with van der Waals surface area (Å²) in [5.41, 5.74) is 5.93. The molecule has 0 radical (unpaired) electrons. The number of anilines is 1. The molecule has 0 spiro atoms. The molecular formula is C10H15BrN2O2S2. The Bertz CT molecular complexity index is 477. The maximum absolute atomic E-state index is 11.9. The summed E-state index contributed by atoms with van der Waals surface area (Å²) in [6.45, 7) is 0.429. The average molecular weight is 339 g/mol. The summed E-state index contributed by atoms with van der Waals surface area (Å²) >= 11 is 4.93. The van der Waals surface area contributed by atoms with Crippen LogP contribution in [0.25, 0.3) is 0 Å². The zero-order valence-corrected chi connectivity index (χ0v) is 12.7. The molecule has 1 rings (SSSR count). The van der Waals surface area contributed by atoms with Crippen molar-refractivity contribution >= 4 is 43.4 Å². The van der Waals surface area contributed by atoms with Gasteiger partial charge < -0.3 is 5.73 Å². The van der Waals surface area contributed by atoms with Crippen molar-refractivity contribution in [2.75, 3.05) is 24.3 Å². The van der Waals surface area contributed by atoms with Crippen LogP contribution in [0.4, 0.5) is 5.69 Å². The molecule has 0 aromatic heterocycles. The molecule has 0 fully saturated rings. The molecular weight excluding hydrogens is 324 g/mol. The molecule has 0 aliphatic heterocycles. The van der Waals surface area contributed by atoms with Crippen molar-refractivity contribution in [3.63, 3.8) is 0 Å². The van der Waals surface area contributed by atoms with E-state index in [1.807, 2.05) is 6.26 Å². The van der Waals surface area contributed by atoms with Crippen LogP contribution >= 0.6 is 27.7 Å². The zero-order chi connectivity index (χ0) is 12.9. The van der Waals surface area contributed by atoms with Crippen molar-refractivity contribution in [2.45, 2.75) is 11.3 Å². The number of hydrogen-bond donors (Lipinski definition) is 2. The molecule has 0 saturated heterocycles. The van der Waals surface area contributed by atoms with Crippen LogP contribution in [-0.2, 0) is 10.0 Å². The molecule has 0 atom stereocenters. The monoisotopic (exact) mass is 338 g/mol. The van der Waals surface area contributed by atoms with E-state index in [9.17, 15) is 8.42 Å². The fourth-order valence-corrected chi connectivity index (χ4v) is 3.26. The lowest BCUT2D eigenvalue weighted by atomic mass is 10.3. The summed E-state index contributed by atoms with van der Waals surface area (Å²) in [4.78, 5) is 0.129. The summed E-state index contributed by atoms with van der Waals surface area (Å²) in [5, 5.41) is 0. The van der Waals surface area contributed by atoms with Gasteiger partial charge in [-0.3, -0.25) is 0 Å².